The Hall–Kier alpha value is -0.0400. The van der Waals surface area contributed by atoms with Crippen LogP contribution in [0.5, 0.6) is 0 Å². The van der Waals surface area contributed by atoms with Crippen molar-refractivity contribution < 1.29 is 5.11 Å². The molecular weight excluding hydrogens is 244 g/mol. The summed E-state index contributed by atoms with van der Waals surface area (Å²) in [7, 11) is 0. The molecular formula is C19H40O. The summed E-state index contributed by atoms with van der Waals surface area (Å²) in [5.74, 6) is 0.507. The van der Waals surface area contributed by atoms with E-state index in [1.54, 1.807) is 0 Å². The van der Waals surface area contributed by atoms with E-state index in [2.05, 4.69) is 13.8 Å². The first-order chi connectivity index (χ1) is 9.81. The maximum Gasteiger partial charge on any atom is 0.0456 e. The van der Waals surface area contributed by atoms with Gasteiger partial charge in [-0.15, -0.1) is 0 Å². The van der Waals surface area contributed by atoms with Crippen molar-refractivity contribution in [2.75, 3.05) is 6.61 Å². The molecule has 1 nitrogen and oxygen atoms in total. The lowest BCUT2D eigenvalue weighted by atomic mass is 10.0. The Morgan fingerprint density at radius 2 is 0.950 bits per heavy atom. The SMILES string of the molecule is CCCCCCCCCCCCCCCCC(C)CO. The predicted molar refractivity (Wildman–Crippen MR) is 91.2 cm³/mol. The van der Waals surface area contributed by atoms with Crippen LogP contribution in [-0.2, 0) is 0 Å². The Bertz CT molecular complexity index is 167. The summed E-state index contributed by atoms with van der Waals surface area (Å²) in [6.45, 7) is 4.79. The summed E-state index contributed by atoms with van der Waals surface area (Å²) in [4.78, 5) is 0. The number of hydrogen-bond acceptors (Lipinski definition) is 1. The first-order valence-electron chi connectivity index (χ1n) is 9.42. The van der Waals surface area contributed by atoms with E-state index in [4.69, 9.17) is 5.11 Å². The van der Waals surface area contributed by atoms with Gasteiger partial charge in [0, 0.05) is 6.61 Å². The van der Waals surface area contributed by atoms with Crippen LogP contribution in [0.15, 0.2) is 0 Å². The molecule has 0 aromatic heterocycles. The van der Waals surface area contributed by atoms with Crippen LogP contribution in [-0.4, -0.2) is 11.7 Å². The molecule has 1 unspecified atom stereocenters. The molecule has 0 bridgehead atoms. The van der Waals surface area contributed by atoms with Crippen molar-refractivity contribution in [2.45, 2.75) is 110 Å². The van der Waals surface area contributed by atoms with Gasteiger partial charge in [-0.05, 0) is 12.3 Å². The lowest BCUT2D eigenvalue weighted by Gasteiger charge is -2.06. The van der Waals surface area contributed by atoms with Gasteiger partial charge in [-0.3, -0.25) is 0 Å². The molecule has 1 N–H and O–H groups in total. The largest absolute Gasteiger partial charge is 0.396 e. The average Bonchev–Trinajstić information content (AvgIpc) is 2.47. The zero-order chi connectivity index (χ0) is 14.9. The topological polar surface area (TPSA) is 20.2 Å². The third-order valence-electron chi connectivity index (χ3n) is 4.36. The van der Waals surface area contributed by atoms with Crippen LogP contribution in [0.2, 0.25) is 0 Å². The van der Waals surface area contributed by atoms with Crippen LogP contribution in [0.4, 0.5) is 0 Å². The normalized spacial score (nSPS) is 12.8. The summed E-state index contributed by atoms with van der Waals surface area (Å²) in [6, 6.07) is 0. The molecule has 1 heteroatoms. The minimum absolute atomic E-state index is 0.360. The fraction of sp³-hybridized carbons (Fsp3) is 1.00. The van der Waals surface area contributed by atoms with Gasteiger partial charge in [0.2, 0.25) is 0 Å². The molecule has 0 aromatic rings. The number of hydrogen-bond donors (Lipinski definition) is 1. The highest BCUT2D eigenvalue weighted by atomic mass is 16.3. The van der Waals surface area contributed by atoms with Gasteiger partial charge in [-0.1, -0.05) is 104 Å². The van der Waals surface area contributed by atoms with Crippen LogP contribution < -0.4 is 0 Å². The summed E-state index contributed by atoms with van der Waals surface area (Å²) in [6.07, 6.45) is 21.1. The Morgan fingerprint density at radius 3 is 1.30 bits per heavy atom. The van der Waals surface area contributed by atoms with E-state index in [0.717, 1.165) is 0 Å². The molecule has 0 amide bonds. The minimum Gasteiger partial charge on any atom is -0.396 e. The number of aliphatic hydroxyl groups excluding tert-OH is 1. The monoisotopic (exact) mass is 284 g/mol. The van der Waals surface area contributed by atoms with E-state index in [-0.39, 0.29) is 0 Å². The molecule has 0 aromatic carbocycles. The van der Waals surface area contributed by atoms with Gasteiger partial charge >= 0.3 is 0 Å². The Balaban J connectivity index is 2.96. The summed E-state index contributed by atoms with van der Waals surface area (Å²) in [5, 5.41) is 8.94. The van der Waals surface area contributed by atoms with Crippen molar-refractivity contribution in [1.82, 2.24) is 0 Å². The van der Waals surface area contributed by atoms with E-state index in [9.17, 15) is 0 Å². The van der Waals surface area contributed by atoms with Gasteiger partial charge in [0.1, 0.15) is 0 Å². The average molecular weight is 285 g/mol. The zero-order valence-corrected chi connectivity index (χ0v) is 14.3. The second-order valence-electron chi connectivity index (χ2n) is 6.67. The predicted octanol–water partition coefficient (Wildman–Crippen LogP) is 6.49. The summed E-state index contributed by atoms with van der Waals surface area (Å²) >= 11 is 0. The van der Waals surface area contributed by atoms with Gasteiger partial charge in [0.25, 0.3) is 0 Å². The van der Waals surface area contributed by atoms with Crippen LogP contribution in [0, 0.1) is 5.92 Å². The summed E-state index contributed by atoms with van der Waals surface area (Å²) < 4.78 is 0. The van der Waals surface area contributed by atoms with Crippen LogP contribution in [0.3, 0.4) is 0 Å². The highest BCUT2D eigenvalue weighted by Crippen LogP contribution is 2.14. The first-order valence-corrected chi connectivity index (χ1v) is 9.42. The molecule has 0 aliphatic rings. The van der Waals surface area contributed by atoms with Crippen LogP contribution in [0.25, 0.3) is 0 Å². The molecule has 122 valence electrons. The molecule has 1 atom stereocenters. The Kier molecular flexibility index (Phi) is 17.0. The molecule has 0 fully saturated rings. The second-order valence-corrected chi connectivity index (χ2v) is 6.67. The molecule has 0 radical (unpaired) electrons. The van der Waals surface area contributed by atoms with E-state index >= 15 is 0 Å². The third kappa shape index (κ3) is 16.0. The van der Waals surface area contributed by atoms with Crippen molar-refractivity contribution in [3.05, 3.63) is 0 Å². The van der Waals surface area contributed by atoms with E-state index in [0.29, 0.717) is 12.5 Å². The third-order valence-corrected chi connectivity index (χ3v) is 4.36. The van der Waals surface area contributed by atoms with E-state index in [1.807, 2.05) is 0 Å². The van der Waals surface area contributed by atoms with Crippen molar-refractivity contribution in [2.24, 2.45) is 5.92 Å². The van der Waals surface area contributed by atoms with Crippen LogP contribution in [0.1, 0.15) is 110 Å². The van der Waals surface area contributed by atoms with E-state index < -0.39 is 0 Å². The molecule has 20 heavy (non-hydrogen) atoms. The Labute approximate surface area is 128 Å². The highest BCUT2D eigenvalue weighted by molar-refractivity contribution is 4.52. The number of aliphatic hydroxyl groups is 1. The lowest BCUT2D eigenvalue weighted by Crippen LogP contribution is -1.99. The molecule has 0 saturated carbocycles. The minimum atomic E-state index is 0.360. The van der Waals surface area contributed by atoms with Gasteiger partial charge in [-0.25, -0.2) is 0 Å². The van der Waals surface area contributed by atoms with Gasteiger partial charge in [0.15, 0.2) is 0 Å². The maximum atomic E-state index is 8.94. The van der Waals surface area contributed by atoms with Crippen molar-refractivity contribution in [3.8, 4) is 0 Å². The fourth-order valence-electron chi connectivity index (χ4n) is 2.78. The zero-order valence-electron chi connectivity index (χ0n) is 14.3. The number of unbranched alkanes of at least 4 members (excludes halogenated alkanes) is 13. The fourth-order valence-corrected chi connectivity index (χ4v) is 2.78. The molecule has 0 heterocycles. The van der Waals surface area contributed by atoms with Crippen molar-refractivity contribution in [1.29, 1.82) is 0 Å². The second kappa shape index (κ2) is 17.0. The van der Waals surface area contributed by atoms with Crippen LogP contribution >= 0.6 is 0 Å². The highest BCUT2D eigenvalue weighted by Gasteiger charge is 1.99. The molecule has 0 saturated heterocycles. The molecule has 0 rings (SSSR count). The van der Waals surface area contributed by atoms with Gasteiger partial charge in [0.05, 0.1) is 0 Å². The standard InChI is InChI=1S/C19H40O/c1-3-4-5-6-7-8-9-10-11-12-13-14-15-16-17-19(2)18-20/h19-20H,3-18H2,1-2H3. The smallest absolute Gasteiger partial charge is 0.0456 e. The Morgan fingerprint density at radius 1 is 0.600 bits per heavy atom. The quantitative estimate of drug-likeness (QED) is 0.321. The summed E-state index contributed by atoms with van der Waals surface area (Å²) in [5.41, 5.74) is 0. The van der Waals surface area contributed by atoms with Crippen molar-refractivity contribution >= 4 is 0 Å². The molecule has 0 aliphatic heterocycles. The van der Waals surface area contributed by atoms with Crippen molar-refractivity contribution in [3.63, 3.8) is 0 Å². The number of rotatable bonds is 16. The molecule has 0 aliphatic carbocycles. The first kappa shape index (κ1) is 20.0. The lowest BCUT2D eigenvalue weighted by molar-refractivity contribution is 0.227. The van der Waals surface area contributed by atoms with Gasteiger partial charge < -0.3 is 5.11 Å². The maximum absolute atomic E-state index is 8.94. The van der Waals surface area contributed by atoms with E-state index in [1.165, 1.54) is 96.3 Å². The molecule has 0 spiro atoms. The van der Waals surface area contributed by atoms with Gasteiger partial charge in [-0.2, -0.15) is 0 Å².